The average Bonchev–Trinajstić information content (AvgIpc) is 2.33. The zero-order chi connectivity index (χ0) is 13.4. The molecule has 0 unspecified atom stereocenters. The molecule has 0 bridgehead atoms. The average molecular weight is 251 g/mol. The molecule has 0 saturated heterocycles. The molecular weight excluding hydrogens is 230 g/mol. The van der Waals surface area contributed by atoms with E-state index in [2.05, 4.69) is 10.6 Å². The Bertz CT molecular complexity index is 374. The maximum atomic E-state index is 11.4. The summed E-state index contributed by atoms with van der Waals surface area (Å²) in [7, 11) is 1.61. The maximum Gasteiger partial charge on any atom is 0.221 e. The van der Waals surface area contributed by atoms with Crippen molar-refractivity contribution >= 4 is 17.3 Å². The number of aryl methyl sites for hydroxylation is 1. The lowest BCUT2D eigenvalue weighted by molar-refractivity contribution is -0.121. The van der Waals surface area contributed by atoms with Crippen LogP contribution in [0.4, 0.5) is 11.4 Å². The number of para-hydroxylation sites is 1. The zero-order valence-corrected chi connectivity index (χ0v) is 11.0. The molecule has 0 spiro atoms. The number of rotatable bonds is 7. The highest BCUT2D eigenvalue weighted by atomic mass is 16.5. The first kappa shape index (κ1) is 14.3. The van der Waals surface area contributed by atoms with Gasteiger partial charge >= 0.3 is 0 Å². The monoisotopic (exact) mass is 251 g/mol. The summed E-state index contributed by atoms with van der Waals surface area (Å²) >= 11 is 0. The van der Waals surface area contributed by atoms with Crippen LogP contribution in [0.5, 0.6) is 0 Å². The first-order chi connectivity index (χ1) is 8.65. The third-order valence-electron chi connectivity index (χ3n) is 2.59. The van der Waals surface area contributed by atoms with Crippen LogP contribution in [0.1, 0.15) is 12.0 Å². The minimum Gasteiger partial charge on any atom is -0.397 e. The molecule has 1 amide bonds. The molecule has 0 radical (unpaired) electrons. The smallest absolute Gasteiger partial charge is 0.221 e. The number of hydrogen-bond acceptors (Lipinski definition) is 4. The summed E-state index contributed by atoms with van der Waals surface area (Å²) in [6, 6.07) is 5.73. The lowest BCUT2D eigenvalue weighted by Crippen LogP contribution is -2.28. The van der Waals surface area contributed by atoms with Crippen molar-refractivity contribution in [3.05, 3.63) is 23.8 Å². The molecule has 18 heavy (non-hydrogen) atoms. The molecule has 5 nitrogen and oxygen atoms in total. The quantitative estimate of drug-likeness (QED) is 0.502. The fraction of sp³-hybridized carbons (Fsp3) is 0.462. The van der Waals surface area contributed by atoms with E-state index in [0.29, 0.717) is 31.8 Å². The molecule has 1 aromatic rings. The minimum absolute atomic E-state index is 0.00621. The van der Waals surface area contributed by atoms with E-state index in [-0.39, 0.29) is 5.91 Å². The van der Waals surface area contributed by atoms with E-state index in [1.165, 1.54) is 0 Å². The van der Waals surface area contributed by atoms with Crippen molar-refractivity contribution < 1.29 is 9.53 Å². The van der Waals surface area contributed by atoms with Gasteiger partial charge in [0.15, 0.2) is 0 Å². The maximum absolute atomic E-state index is 11.4. The van der Waals surface area contributed by atoms with Gasteiger partial charge in [0.1, 0.15) is 0 Å². The van der Waals surface area contributed by atoms with E-state index in [0.717, 1.165) is 11.3 Å². The minimum atomic E-state index is 0.00621. The van der Waals surface area contributed by atoms with Crippen LogP contribution < -0.4 is 16.4 Å². The second kappa shape index (κ2) is 7.55. The van der Waals surface area contributed by atoms with E-state index < -0.39 is 0 Å². The SMILES string of the molecule is COCCNC(=O)CCNc1c(C)cccc1N. The van der Waals surface area contributed by atoms with Gasteiger partial charge in [-0.05, 0) is 18.6 Å². The number of carbonyl (C=O) groups excluding carboxylic acids is 1. The summed E-state index contributed by atoms with van der Waals surface area (Å²) in [5, 5.41) is 5.95. The van der Waals surface area contributed by atoms with Crippen molar-refractivity contribution in [1.29, 1.82) is 0 Å². The van der Waals surface area contributed by atoms with Crippen molar-refractivity contribution in [2.45, 2.75) is 13.3 Å². The Hall–Kier alpha value is -1.75. The second-order valence-corrected chi connectivity index (χ2v) is 4.06. The predicted molar refractivity (Wildman–Crippen MR) is 73.6 cm³/mol. The predicted octanol–water partition coefficient (Wildman–Crippen LogP) is 1.14. The Labute approximate surface area is 108 Å². The molecule has 0 aromatic heterocycles. The van der Waals surface area contributed by atoms with Crippen LogP contribution in [-0.2, 0) is 9.53 Å². The molecule has 0 heterocycles. The van der Waals surface area contributed by atoms with Gasteiger partial charge in [-0.15, -0.1) is 0 Å². The van der Waals surface area contributed by atoms with Gasteiger partial charge in [0, 0.05) is 26.6 Å². The van der Waals surface area contributed by atoms with Crippen LogP contribution in [0.2, 0.25) is 0 Å². The lowest BCUT2D eigenvalue weighted by atomic mass is 10.1. The Balaban J connectivity index is 2.31. The van der Waals surface area contributed by atoms with Crippen molar-refractivity contribution in [1.82, 2.24) is 5.32 Å². The molecule has 0 aliphatic heterocycles. The van der Waals surface area contributed by atoms with Crippen LogP contribution in [-0.4, -0.2) is 32.7 Å². The summed E-state index contributed by atoms with van der Waals surface area (Å²) in [5.41, 5.74) is 8.54. The molecule has 1 aromatic carbocycles. The van der Waals surface area contributed by atoms with Gasteiger partial charge in [-0.3, -0.25) is 4.79 Å². The number of methoxy groups -OCH3 is 1. The van der Waals surface area contributed by atoms with Crippen LogP contribution in [0, 0.1) is 6.92 Å². The molecule has 1 rings (SSSR count). The highest BCUT2D eigenvalue weighted by Gasteiger charge is 2.04. The molecule has 5 heteroatoms. The molecular formula is C13H21N3O2. The Kier molecular flexibility index (Phi) is 6.00. The molecule has 4 N–H and O–H groups in total. The highest BCUT2D eigenvalue weighted by Crippen LogP contribution is 2.22. The molecule has 0 fully saturated rings. The van der Waals surface area contributed by atoms with E-state index in [4.69, 9.17) is 10.5 Å². The van der Waals surface area contributed by atoms with Crippen molar-refractivity contribution in [3.63, 3.8) is 0 Å². The third kappa shape index (κ3) is 4.63. The fourth-order valence-electron chi connectivity index (χ4n) is 1.61. The van der Waals surface area contributed by atoms with Gasteiger partial charge in [-0.2, -0.15) is 0 Å². The summed E-state index contributed by atoms with van der Waals surface area (Å²) in [6.07, 6.45) is 0.414. The Morgan fingerprint density at radius 1 is 1.39 bits per heavy atom. The van der Waals surface area contributed by atoms with Crippen LogP contribution in [0.3, 0.4) is 0 Å². The van der Waals surface area contributed by atoms with Crippen LogP contribution >= 0.6 is 0 Å². The van der Waals surface area contributed by atoms with Crippen LogP contribution in [0.25, 0.3) is 0 Å². The van der Waals surface area contributed by atoms with Gasteiger partial charge in [0.25, 0.3) is 0 Å². The van der Waals surface area contributed by atoms with Gasteiger partial charge in [-0.1, -0.05) is 12.1 Å². The number of amides is 1. The van der Waals surface area contributed by atoms with Crippen molar-refractivity contribution in [2.75, 3.05) is 37.9 Å². The Morgan fingerprint density at radius 3 is 2.83 bits per heavy atom. The van der Waals surface area contributed by atoms with Gasteiger partial charge in [0.2, 0.25) is 5.91 Å². The summed E-state index contributed by atoms with van der Waals surface area (Å²) in [5.74, 6) is 0.00621. The van der Waals surface area contributed by atoms with E-state index in [9.17, 15) is 4.79 Å². The van der Waals surface area contributed by atoms with E-state index in [1.54, 1.807) is 7.11 Å². The number of carbonyl (C=O) groups is 1. The third-order valence-corrected chi connectivity index (χ3v) is 2.59. The largest absolute Gasteiger partial charge is 0.397 e. The van der Waals surface area contributed by atoms with Gasteiger partial charge < -0.3 is 21.1 Å². The van der Waals surface area contributed by atoms with E-state index in [1.807, 2.05) is 25.1 Å². The Morgan fingerprint density at radius 2 is 2.17 bits per heavy atom. The molecule has 0 aliphatic rings. The molecule has 100 valence electrons. The molecule has 0 saturated carbocycles. The first-order valence-corrected chi connectivity index (χ1v) is 5.99. The van der Waals surface area contributed by atoms with Crippen molar-refractivity contribution in [3.8, 4) is 0 Å². The zero-order valence-electron chi connectivity index (χ0n) is 11.0. The summed E-state index contributed by atoms with van der Waals surface area (Å²) < 4.78 is 4.85. The lowest BCUT2D eigenvalue weighted by Gasteiger charge is -2.12. The normalized spacial score (nSPS) is 10.1. The topological polar surface area (TPSA) is 76.4 Å². The number of nitrogens with two attached hydrogens (primary N) is 1. The first-order valence-electron chi connectivity index (χ1n) is 5.99. The molecule has 0 atom stereocenters. The second-order valence-electron chi connectivity index (χ2n) is 4.06. The fourth-order valence-corrected chi connectivity index (χ4v) is 1.61. The van der Waals surface area contributed by atoms with E-state index >= 15 is 0 Å². The number of ether oxygens (including phenoxy) is 1. The van der Waals surface area contributed by atoms with Crippen LogP contribution in [0.15, 0.2) is 18.2 Å². The molecule has 0 aliphatic carbocycles. The van der Waals surface area contributed by atoms with Gasteiger partial charge in [0.05, 0.1) is 18.0 Å². The number of benzene rings is 1. The van der Waals surface area contributed by atoms with Crippen molar-refractivity contribution in [2.24, 2.45) is 0 Å². The number of nitrogen functional groups attached to an aromatic ring is 1. The number of anilines is 2. The standard InChI is InChI=1S/C13H21N3O2/c1-10-4-3-5-11(14)13(10)16-7-6-12(17)15-8-9-18-2/h3-5,16H,6-9,14H2,1-2H3,(H,15,17). The number of nitrogens with one attached hydrogen (secondary N) is 2. The van der Waals surface area contributed by atoms with Gasteiger partial charge in [-0.25, -0.2) is 0 Å². The highest BCUT2D eigenvalue weighted by molar-refractivity contribution is 5.77. The summed E-state index contributed by atoms with van der Waals surface area (Å²) in [4.78, 5) is 11.4. The number of hydrogen-bond donors (Lipinski definition) is 3. The summed E-state index contributed by atoms with van der Waals surface area (Å²) in [6.45, 7) is 3.62.